The summed E-state index contributed by atoms with van der Waals surface area (Å²) in [6, 6.07) is 0. The van der Waals surface area contributed by atoms with Gasteiger partial charge in [0.1, 0.15) is 0 Å². The van der Waals surface area contributed by atoms with Gasteiger partial charge in [0.2, 0.25) is 0 Å². The van der Waals surface area contributed by atoms with E-state index in [1.165, 1.54) is 43.4 Å². The summed E-state index contributed by atoms with van der Waals surface area (Å²) < 4.78 is 116. The van der Waals surface area contributed by atoms with Gasteiger partial charge in [0.15, 0.2) is 20.0 Å². The summed E-state index contributed by atoms with van der Waals surface area (Å²) in [7, 11) is -9.30. The van der Waals surface area contributed by atoms with Gasteiger partial charge in [-0.3, -0.25) is 0 Å². The number of alkyl halides is 6. The van der Waals surface area contributed by atoms with E-state index in [2.05, 4.69) is 7.05 Å². The van der Waals surface area contributed by atoms with Crippen molar-refractivity contribution in [3.05, 3.63) is 4.13 Å². The molecule has 26 heavy (non-hydrogen) atoms. The molecule has 1 saturated heterocycles. The molecule has 1 fully saturated rings. The summed E-state index contributed by atoms with van der Waals surface area (Å²) in [5, 5.41) is 0. The molecule has 1 heterocycles. The van der Waals surface area contributed by atoms with Crippen LogP contribution in [-0.4, -0.2) is 72.7 Å². The third-order valence-electron chi connectivity index (χ3n) is 3.47. The van der Waals surface area contributed by atoms with E-state index in [9.17, 15) is 43.2 Å². The molecule has 1 aliphatic rings. The summed E-state index contributed by atoms with van der Waals surface area (Å²) >= 11 is 0. The molecule has 0 amide bonds. The molecule has 0 unspecified atom stereocenters. The smallest absolute Gasteiger partial charge is 0.421 e. The molecule has 1 aliphatic heterocycles. The highest BCUT2D eigenvalue weighted by atomic mass is 32.3. The molecule has 0 aromatic heterocycles. The highest BCUT2D eigenvalue weighted by Gasteiger charge is 2.46. The highest BCUT2D eigenvalue weighted by molar-refractivity contribution is 8.13. The van der Waals surface area contributed by atoms with Crippen molar-refractivity contribution in [3.63, 3.8) is 0 Å². The quantitative estimate of drug-likeness (QED) is 0.361. The standard InChI is InChI=1S/C9H20NO.C2F6NO4S2/c1-10(6-3-4-7-10)8-5-9-11-2;3-1(4,5)14(10,11)9-15(12,13)2(6,7)8/h3-9H2,1-2H3;/q+1;-1. The molecule has 0 aromatic rings. The Balaban J connectivity index is 0.000000502. The Kier molecular flexibility index (Phi) is 8.81. The fourth-order valence-corrected chi connectivity index (χ4v) is 3.84. The van der Waals surface area contributed by atoms with Gasteiger partial charge in [-0.15, -0.1) is 0 Å². The van der Waals surface area contributed by atoms with Gasteiger partial charge in [0.25, 0.3) is 0 Å². The zero-order valence-corrected chi connectivity index (χ0v) is 15.6. The SMILES string of the molecule is COCCC[N+]1(C)CCCC1.O=S(=O)([N-]S(=O)(=O)C(F)(F)F)C(F)(F)F. The van der Waals surface area contributed by atoms with E-state index in [0.29, 0.717) is 0 Å². The van der Waals surface area contributed by atoms with Crippen LogP contribution in [-0.2, 0) is 24.8 Å². The molecule has 0 saturated carbocycles. The lowest BCUT2D eigenvalue weighted by Crippen LogP contribution is -2.41. The van der Waals surface area contributed by atoms with Crippen molar-refractivity contribution < 1.29 is 52.4 Å². The fraction of sp³-hybridized carbons (Fsp3) is 1.00. The first kappa shape index (κ1) is 25.4. The monoisotopic (exact) mass is 438 g/mol. The maximum absolute atomic E-state index is 11.4. The number of rotatable bonds is 6. The number of methoxy groups -OCH3 is 1. The summed E-state index contributed by atoms with van der Waals surface area (Å²) in [5.41, 5.74) is -12.4. The van der Waals surface area contributed by atoms with Crippen molar-refractivity contribution in [2.75, 3.05) is 40.4 Å². The van der Waals surface area contributed by atoms with Gasteiger partial charge in [-0.25, -0.2) is 16.8 Å². The molecule has 0 N–H and O–H groups in total. The van der Waals surface area contributed by atoms with E-state index in [-0.39, 0.29) is 0 Å². The topological polar surface area (TPSA) is 91.6 Å². The van der Waals surface area contributed by atoms with Crippen LogP contribution in [0.4, 0.5) is 26.3 Å². The van der Waals surface area contributed by atoms with E-state index in [1.54, 1.807) is 7.11 Å². The lowest BCUT2D eigenvalue weighted by atomic mass is 10.3. The first-order valence-electron chi connectivity index (χ1n) is 7.17. The van der Waals surface area contributed by atoms with E-state index in [4.69, 9.17) is 4.74 Å². The van der Waals surface area contributed by atoms with Crippen molar-refractivity contribution in [3.8, 4) is 0 Å². The Labute approximate surface area is 148 Å². The fourth-order valence-electron chi connectivity index (χ4n) is 2.13. The third kappa shape index (κ3) is 7.94. The minimum Gasteiger partial charge on any atom is -0.421 e. The Morgan fingerprint density at radius 2 is 1.31 bits per heavy atom. The average Bonchev–Trinajstić information content (AvgIpc) is 2.83. The molecule has 0 radical (unpaired) electrons. The number of ether oxygens (including phenoxy) is 1. The summed E-state index contributed by atoms with van der Waals surface area (Å²) in [6.45, 7) is 4.98. The Morgan fingerprint density at radius 3 is 1.62 bits per heavy atom. The van der Waals surface area contributed by atoms with Crippen LogP contribution < -0.4 is 0 Å². The first-order chi connectivity index (χ1) is 11.5. The maximum atomic E-state index is 11.4. The van der Waals surface area contributed by atoms with Gasteiger partial charge in [0.05, 0.1) is 33.3 Å². The second kappa shape index (κ2) is 9.03. The van der Waals surface area contributed by atoms with Crippen LogP contribution in [0.2, 0.25) is 0 Å². The molecular formula is C11H20F6N2O5S2. The summed E-state index contributed by atoms with van der Waals surface area (Å²) in [5.74, 6) is 0. The van der Waals surface area contributed by atoms with Crippen molar-refractivity contribution >= 4 is 20.0 Å². The number of hydrogen-bond donors (Lipinski definition) is 0. The Bertz CT molecular complexity index is 597. The van der Waals surface area contributed by atoms with Crippen LogP contribution in [0.3, 0.4) is 0 Å². The van der Waals surface area contributed by atoms with Crippen LogP contribution in [0.25, 0.3) is 4.13 Å². The van der Waals surface area contributed by atoms with E-state index in [0.717, 1.165) is 10.7 Å². The molecule has 0 aromatic carbocycles. The van der Waals surface area contributed by atoms with Gasteiger partial charge >= 0.3 is 11.0 Å². The molecule has 0 bridgehead atoms. The van der Waals surface area contributed by atoms with Crippen molar-refractivity contribution in [1.29, 1.82) is 0 Å². The molecule has 0 aliphatic carbocycles. The molecule has 158 valence electrons. The predicted molar refractivity (Wildman–Crippen MR) is 79.8 cm³/mol. The van der Waals surface area contributed by atoms with Crippen molar-refractivity contribution in [1.82, 2.24) is 0 Å². The van der Waals surface area contributed by atoms with Crippen LogP contribution in [0.15, 0.2) is 0 Å². The lowest BCUT2D eigenvalue weighted by molar-refractivity contribution is -0.897. The van der Waals surface area contributed by atoms with Gasteiger partial charge in [0, 0.05) is 26.4 Å². The van der Waals surface area contributed by atoms with Crippen molar-refractivity contribution in [2.45, 2.75) is 30.3 Å². The molecule has 1 rings (SSSR count). The highest BCUT2D eigenvalue weighted by Crippen LogP contribution is 2.36. The minimum absolute atomic E-state index is 0.778. The van der Waals surface area contributed by atoms with E-state index < -0.39 is 31.1 Å². The Hall–Kier alpha value is -0.640. The number of hydrogen-bond acceptors (Lipinski definition) is 5. The molecular weight excluding hydrogens is 418 g/mol. The zero-order valence-electron chi connectivity index (χ0n) is 14.0. The van der Waals surface area contributed by atoms with E-state index in [1.807, 2.05) is 0 Å². The Morgan fingerprint density at radius 1 is 0.923 bits per heavy atom. The van der Waals surface area contributed by atoms with Crippen LogP contribution in [0, 0.1) is 0 Å². The maximum Gasteiger partial charge on any atom is 0.480 e. The normalized spacial score (nSPS) is 18.3. The molecule has 15 heteroatoms. The van der Waals surface area contributed by atoms with Crippen LogP contribution >= 0.6 is 0 Å². The molecule has 0 atom stereocenters. The first-order valence-corrected chi connectivity index (χ1v) is 10.0. The van der Waals surface area contributed by atoms with E-state index >= 15 is 0 Å². The average molecular weight is 438 g/mol. The largest absolute Gasteiger partial charge is 0.480 e. The van der Waals surface area contributed by atoms with Crippen LogP contribution in [0.5, 0.6) is 0 Å². The van der Waals surface area contributed by atoms with Gasteiger partial charge < -0.3 is 13.3 Å². The number of sulfonamides is 2. The van der Waals surface area contributed by atoms with Crippen LogP contribution in [0.1, 0.15) is 19.3 Å². The number of halogens is 6. The predicted octanol–water partition coefficient (Wildman–Crippen LogP) is 2.32. The second-order valence-electron chi connectivity index (χ2n) is 5.76. The summed E-state index contributed by atoms with van der Waals surface area (Å²) in [6.07, 6.45) is 4.06. The van der Waals surface area contributed by atoms with Gasteiger partial charge in [-0.1, -0.05) is 0 Å². The minimum atomic E-state index is -6.72. The third-order valence-corrected chi connectivity index (χ3v) is 6.21. The zero-order chi connectivity index (χ0) is 20.9. The number of likely N-dealkylation sites (tertiary alicyclic amines) is 1. The number of quaternary nitrogens is 1. The van der Waals surface area contributed by atoms with Crippen molar-refractivity contribution in [2.24, 2.45) is 0 Å². The molecule has 0 spiro atoms. The second-order valence-corrected chi connectivity index (χ2v) is 9.18. The van der Waals surface area contributed by atoms with Gasteiger partial charge in [-0.2, -0.15) is 26.3 Å². The van der Waals surface area contributed by atoms with Gasteiger partial charge in [-0.05, 0) is 0 Å². The lowest BCUT2D eigenvalue weighted by Gasteiger charge is -2.28. The summed E-state index contributed by atoms with van der Waals surface area (Å²) in [4.78, 5) is 0. The molecule has 7 nitrogen and oxygen atoms in total. The number of nitrogens with zero attached hydrogens (tertiary/aromatic N) is 2.